The van der Waals surface area contributed by atoms with Crippen LogP contribution in [0.1, 0.15) is 31.8 Å². The van der Waals surface area contributed by atoms with Gasteiger partial charge in [-0.3, -0.25) is 4.79 Å². The highest BCUT2D eigenvalue weighted by Gasteiger charge is 2.27. The summed E-state index contributed by atoms with van der Waals surface area (Å²) in [5.41, 5.74) is 3.07. The highest BCUT2D eigenvalue weighted by molar-refractivity contribution is 5.98. The number of fused-ring (bicyclic) bond motifs is 1. The van der Waals surface area contributed by atoms with Crippen molar-refractivity contribution < 1.29 is 14.3 Å². The molecule has 0 radical (unpaired) electrons. The number of amides is 1. The van der Waals surface area contributed by atoms with Crippen LogP contribution in [-0.4, -0.2) is 23.9 Å². The molecule has 106 valence electrons. The fourth-order valence-electron chi connectivity index (χ4n) is 2.62. The summed E-state index contributed by atoms with van der Waals surface area (Å²) in [7, 11) is 1.36. The van der Waals surface area contributed by atoms with Crippen LogP contribution in [0.15, 0.2) is 48.5 Å². The van der Waals surface area contributed by atoms with Crippen molar-refractivity contribution in [2.75, 3.05) is 7.11 Å². The van der Waals surface area contributed by atoms with Crippen molar-refractivity contribution in [1.82, 2.24) is 4.90 Å². The van der Waals surface area contributed by atoms with Crippen molar-refractivity contribution in [2.24, 2.45) is 0 Å². The second-order valence-corrected chi connectivity index (χ2v) is 4.97. The number of ether oxygens (including phenoxy) is 1. The number of carbonyl (C=O) groups is 2. The summed E-state index contributed by atoms with van der Waals surface area (Å²) in [4.78, 5) is 25.9. The van der Waals surface area contributed by atoms with Crippen LogP contribution in [0, 0.1) is 0 Å². The molecule has 0 fully saturated rings. The molecule has 1 aliphatic rings. The Kier molecular flexibility index (Phi) is 3.44. The van der Waals surface area contributed by atoms with E-state index in [1.54, 1.807) is 17.0 Å². The molecule has 3 rings (SSSR count). The Hall–Kier alpha value is -2.62. The molecule has 4 nitrogen and oxygen atoms in total. The number of carbonyl (C=O) groups excluding carboxylic acids is 2. The van der Waals surface area contributed by atoms with E-state index in [9.17, 15) is 9.59 Å². The van der Waals surface area contributed by atoms with E-state index in [1.165, 1.54) is 7.11 Å². The van der Waals surface area contributed by atoms with Crippen LogP contribution in [0.5, 0.6) is 0 Å². The second-order valence-electron chi connectivity index (χ2n) is 4.97. The van der Waals surface area contributed by atoms with Gasteiger partial charge in [-0.1, -0.05) is 36.4 Å². The fourth-order valence-corrected chi connectivity index (χ4v) is 2.62. The van der Waals surface area contributed by atoms with E-state index >= 15 is 0 Å². The number of hydrogen-bond donors (Lipinski definition) is 0. The van der Waals surface area contributed by atoms with Crippen LogP contribution in [0.3, 0.4) is 0 Å². The van der Waals surface area contributed by atoms with Crippen molar-refractivity contribution >= 4 is 11.9 Å². The third-order valence-electron chi connectivity index (χ3n) is 3.68. The molecule has 0 atom stereocenters. The smallest absolute Gasteiger partial charge is 0.338 e. The van der Waals surface area contributed by atoms with Crippen LogP contribution in [-0.2, 0) is 17.8 Å². The molecule has 1 heterocycles. The Morgan fingerprint density at radius 3 is 2.62 bits per heavy atom. The number of methoxy groups -OCH3 is 1. The zero-order valence-electron chi connectivity index (χ0n) is 11.7. The molecule has 0 N–H and O–H groups in total. The molecule has 0 saturated carbocycles. The molecule has 0 bridgehead atoms. The number of esters is 1. The van der Waals surface area contributed by atoms with E-state index < -0.39 is 0 Å². The zero-order chi connectivity index (χ0) is 14.8. The van der Waals surface area contributed by atoms with Crippen LogP contribution in [0.2, 0.25) is 0 Å². The Morgan fingerprint density at radius 2 is 1.86 bits per heavy atom. The Balaban J connectivity index is 1.87. The predicted molar refractivity (Wildman–Crippen MR) is 77.8 cm³/mol. The summed E-state index contributed by atoms with van der Waals surface area (Å²) in [5, 5.41) is 0. The van der Waals surface area contributed by atoms with Gasteiger partial charge in [0.1, 0.15) is 0 Å². The molecule has 2 aromatic rings. The fraction of sp³-hybridized carbons (Fsp3) is 0.176. The maximum absolute atomic E-state index is 12.4. The Morgan fingerprint density at radius 1 is 1.14 bits per heavy atom. The minimum absolute atomic E-state index is 0.00488. The average Bonchev–Trinajstić information content (AvgIpc) is 2.84. The lowest BCUT2D eigenvalue weighted by Crippen LogP contribution is -2.24. The highest BCUT2D eigenvalue weighted by atomic mass is 16.5. The third-order valence-corrected chi connectivity index (χ3v) is 3.68. The summed E-state index contributed by atoms with van der Waals surface area (Å²) in [5.74, 6) is -0.375. The lowest BCUT2D eigenvalue weighted by molar-refractivity contribution is 0.0595. The van der Waals surface area contributed by atoms with Gasteiger partial charge in [-0.05, 0) is 23.3 Å². The third kappa shape index (κ3) is 2.40. The molecular formula is C17H15NO3. The predicted octanol–water partition coefficient (Wildman–Crippen LogP) is 2.63. The van der Waals surface area contributed by atoms with Crippen molar-refractivity contribution in [3.8, 4) is 0 Å². The summed E-state index contributed by atoms with van der Waals surface area (Å²) >= 11 is 0. The van der Waals surface area contributed by atoms with Gasteiger partial charge in [-0.15, -0.1) is 0 Å². The first-order valence-corrected chi connectivity index (χ1v) is 6.74. The first-order chi connectivity index (χ1) is 10.2. The summed E-state index contributed by atoms with van der Waals surface area (Å²) in [6.45, 7) is 0.975. The quantitative estimate of drug-likeness (QED) is 0.812. The number of nitrogens with zero attached hydrogens (tertiary/aromatic N) is 1. The van der Waals surface area contributed by atoms with Gasteiger partial charge in [-0.2, -0.15) is 0 Å². The Bertz CT molecular complexity index is 709. The molecule has 0 aromatic heterocycles. The van der Waals surface area contributed by atoms with Crippen LogP contribution < -0.4 is 0 Å². The van der Waals surface area contributed by atoms with Crippen LogP contribution in [0.4, 0.5) is 0 Å². The van der Waals surface area contributed by atoms with Crippen molar-refractivity contribution in [3.63, 3.8) is 0 Å². The summed E-state index contributed by atoms with van der Waals surface area (Å²) in [6, 6.07) is 14.8. The topological polar surface area (TPSA) is 46.6 Å². The number of hydrogen-bond acceptors (Lipinski definition) is 3. The van der Waals surface area contributed by atoms with E-state index in [1.807, 2.05) is 36.4 Å². The lowest BCUT2D eigenvalue weighted by Gasteiger charge is -2.17. The van der Waals surface area contributed by atoms with Gasteiger partial charge in [0.2, 0.25) is 0 Å². The number of rotatable bonds is 3. The van der Waals surface area contributed by atoms with Crippen molar-refractivity contribution in [3.05, 3.63) is 70.8 Å². The van der Waals surface area contributed by atoms with Gasteiger partial charge >= 0.3 is 5.97 Å². The first kappa shape index (κ1) is 13.4. The van der Waals surface area contributed by atoms with E-state index in [-0.39, 0.29) is 11.9 Å². The molecule has 0 saturated heterocycles. The second kappa shape index (κ2) is 5.40. The maximum Gasteiger partial charge on any atom is 0.338 e. The van der Waals surface area contributed by atoms with Gasteiger partial charge in [0.25, 0.3) is 5.91 Å². The molecule has 21 heavy (non-hydrogen) atoms. The SMILES string of the molecule is COC(=O)c1ccccc1CN1Cc2ccccc2C1=O. The standard InChI is InChI=1S/C17H15NO3/c1-21-17(20)15-9-5-3-7-13(15)11-18-10-12-6-2-4-8-14(12)16(18)19/h2-9H,10-11H2,1H3. The van der Waals surface area contributed by atoms with E-state index in [0.717, 1.165) is 16.7 Å². The molecule has 2 aromatic carbocycles. The van der Waals surface area contributed by atoms with E-state index in [2.05, 4.69) is 0 Å². The van der Waals surface area contributed by atoms with Gasteiger partial charge in [0, 0.05) is 18.7 Å². The van der Waals surface area contributed by atoms with Crippen molar-refractivity contribution in [1.29, 1.82) is 0 Å². The largest absolute Gasteiger partial charge is 0.465 e. The van der Waals surface area contributed by atoms with Gasteiger partial charge in [0.15, 0.2) is 0 Å². The molecule has 0 spiro atoms. The molecule has 1 amide bonds. The molecule has 4 heteroatoms. The van der Waals surface area contributed by atoms with Gasteiger partial charge < -0.3 is 9.64 Å². The highest BCUT2D eigenvalue weighted by Crippen LogP contribution is 2.25. The molecule has 1 aliphatic heterocycles. The number of benzene rings is 2. The van der Waals surface area contributed by atoms with E-state index in [0.29, 0.717) is 18.7 Å². The minimum atomic E-state index is -0.380. The zero-order valence-corrected chi connectivity index (χ0v) is 11.7. The Labute approximate surface area is 123 Å². The minimum Gasteiger partial charge on any atom is -0.465 e. The van der Waals surface area contributed by atoms with Crippen LogP contribution in [0.25, 0.3) is 0 Å². The maximum atomic E-state index is 12.4. The summed E-state index contributed by atoms with van der Waals surface area (Å²) < 4.78 is 4.79. The lowest BCUT2D eigenvalue weighted by atomic mass is 10.1. The van der Waals surface area contributed by atoms with Crippen molar-refractivity contribution in [2.45, 2.75) is 13.1 Å². The molecule has 0 aliphatic carbocycles. The molecule has 0 unspecified atom stereocenters. The summed E-state index contributed by atoms with van der Waals surface area (Å²) in [6.07, 6.45) is 0. The van der Waals surface area contributed by atoms with Crippen LogP contribution >= 0.6 is 0 Å². The monoisotopic (exact) mass is 281 g/mol. The average molecular weight is 281 g/mol. The normalized spacial score (nSPS) is 13.2. The van der Waals surface area contributed by atoms with E-state index in [4.69, 9.17) is 4.74 Å². The first-order valence-electron chi connectivity index (χ1n) is 6.74. The van der Waals surface area contributed by atoms with Gasteiger partial charge in [0.05, 0.1) is 12.7 Å². The molecular weight excluding hydrogens is 266 g/mol. The van der Waals surface area contributed by atoms with Gasteiger partial charge in [-0.25, -0.2) is 4.79 Å².